The molecule has 178 valence electrons. The number of ether oxygens (including phenoxy) is 1. The molecule has 0 aliphatic heterocycles. The molecular formula is C30H25N3O3. The zero-order chi connectivity index (χ0) is 25.7. The second-order valence-electron chi connectivity index (χ2n) is 8.10. The van der Waals surface area contributed by atoms with Crippen molar-refractivity contribution < 1.29 is 9.15 Å². The van der Waals surface area contributed by atoms with Crippen LogP contribution in [0.5, 0.6) is 5.75 Å². The molecule has 3 aromatic carbocycles. The molecule has 0 fully saturated rings. The van der Waals surface area contributed by atoms with Crippen molar-refractivity contribution in [1.29, 1.82) is 10.5 Å². The van der Waals surface area contributed by atoms with Gasteiger partial charge in [0.15, 0.2) is 0 Å². The van der Waals surface area contributed by atoms with Crippen LogP contribution in [0.4, 0.5) is 5.69 Å². The first-order valence-electron chi connectivity index (χ1n) is 11.7. The molecule has 0 unspecified atom stereocenters. The topological polar surface area (TPSA) is 90.3 Å². The van der Waals surface area contributed by atoms with Crippen LogP contribution >= 0.6 is 0 Å². The molecule has 0 N–H and O–H groups in total. The summed E-state index contributed by atoms with van der Waals surface area (Å²) in [6.07, 6.45) is 3.39. The van der Waals surface area contributed by atoms with Gasteiger partial charge in [0.05, 0.1) is 18.1 Å². The van der Waals surface area contributed by atoms with E-state index in [-0.39, 0.29) is 16.7 Å². The maximum atomic E-state index is 13.2. The first-order valence-corrected chi connectivity index (χ1v) is 11.7. The average Bonchev–Trinajstić information content (AvgIpc) is 2.92. The Hall–Kier alpha value is -4.81. The molecule has 0 aliphatic rings. The van der Waals surface area contributed by atoms with Gasteiger partial charge < -0.3 is 14.1 Å². The number of allylic oxidation sites excluding steroid dienone is 3. The normalized spacial score (nSPS) is 10.8. The molecule has 0 atom stereocenters. The Morgan fingerprint density at radius 1 is 1.00 bits per heavy atom. The monoisotopic (exact) mass is 475 g/mol. The van der Waals surface area contributed by atoms with Gasteiger partial charge in [-0.25, -0.2) is 4.79 Å². The maximum absolute atomic E-state index is 13.2. The van der Waals surface area contributed by atoms with Crippen LogP contribution in [0, 0.1) is 22.7 Å². The number of nitrogens with zero attached hydrogens (tertiary/aromatic N) is 3. The molecule has 0 radical (unpaired) electrons. The van der Waals surface area contributed by atoms with Gasteiger partial charge in [-0.3, -0.25) is 0 Å². The zero-order valence-electron chi connectivity index (χ0n) is 20.4. The summed E-state index contributed by atoms with van der Waals surface area (Å²) in [4.78, 5) is 15.4. The van der Waals surface area contributed by atoms with Crippen molar-refractivity contribution >= 4 is 39.1 Å². The fourth-order valence-electron chi connectivity index (χ4n) is 4.28. The highest BCUT2D eigenvalue weighted by molar-refractivity contribution is 6.07. The van der Waals surface area contributed by atoms with Crippen molar-refractivity contribution in [3.63, 3.8) is 0 Å². The molecule has 6 nitrogen and oxygen atoms in total. The van der Waals surface area contributed by atoms with Crippen molar-refractivity contribution in [2.24, 2.45) is 0 Å². The predicted octanol–water partition coefficient (Wildman–Crippen LogP) is 6.32. The van der Waals surface area contributed by atoms with E-state index in [1.807, 2.05) is 66.7 Å². The van der Waals surface area contributed by atoms with Gasteiger partial charge >= 0.3 is 5.63 Å². The number of fused-ring (bicyclic) bond motifs is 3. The van der Waals surface area contributed by atoms with Gasteiger partial charge in [0.25, 0.3) is 0 Å². The number of anilines is 1. The Morgan fingerprint density at radius 2 is 1.69 bits per heavy atom. The van der Waals surface area contributed by atoms with E-state index in [2.05, 4.69) is 18.7 Å². The molecule has 0 spiro atoms. The van der Waals surface area contributed by atoms with Crippen LogP contribution in [0.3, 0.4) is 0 Å². The average molecular weight is 476 g/mol. The smallest absolute Gasteiger partial charge is 0.344 e. The Labute approximate surface area is 209 Å². The highest BCUT2D eigenvalue weighted by Gasteiger charge is 2.17. The molecule has 0 saturated heterocycles. The summed E-state index contributed by atoms with van der Waals surface area (Å²) in [7, 11) is 1.54. The Morgan fingerprint density at radius 3 is 2.33 bits per heavy atom. The summed E-state index contributed by atoms with van der Waals surface area (Å²) in [5.41, 5.74) is 1.86. The van der Waals surface area contributed by atoms with Gasteiger partial charge in [-0.1, -0.05) is 48.6 Å². The Bertz CT molecular complexity index is 1610. The first kappa shape index (κ1) is 24.3. The maximum Gasteiger partial charge on any atom is 0.344 e. The largest absolute Gasteiger partial charge is 0.496 e. The van der Waals surface area contributed by atoms with Gasteiger partial charge in [-0.2, -0.15) is 10.5 Å². The summed E-state index contributed by atoms with van der Waals surface area (Å²) in [5.74, 6) is 0.527. The van der Waals surface area contributed by atoms with E-state index in [1.165, 1.54) is 0 Å². The summed E-state index contributed by atoms with van der Waals surface area (Å²) in [6.45, 7) is 6.02. The van der Waals surface area contributed by atoms with Crippen molar-refractivity contribution in [2.45, 2.75) is 13.8 Å². The second-order valence-corrected chi connectivity index (χ2v) is 8.10. The third kappa shape index (κ3) is 4.58. The highest BCUT2D eigenvalue weighted by Crippen LogP contribution is 2.34. The molecular weight excluding hydrogens is 450 g/mol. The first-order chi connectivity index (χ1) is 17.5. The number of hydrogen-bond donors (Lipinski definition) is 0. The zero-order valence-corrected chi connectivity index (χ0v) is 20.4. The van der Waals surface area contributed by atoms with E-state index in [1.54, 1.807) is 25.3 Å². The summed E-state index contributed by atoms with van der Waals surface area (Å²) in [6, 6.07) is 22.8. The summed E-state index contributed by atoms with van der Waals surface area (Å²) in [5, 5.41) is 21.5. The Kier molecular flexibility index (Phi) is 7.18. The van der Waals surface area contributed by atoms with E-state index in [0.29, 0.717) is 16.7 Å². The van der Waals surface area contributed by atoms with Crippen LogP contribution in [0.25, 0.3) is 33.4 Å². The lowest BCUT2D eigenvalue weighted by atomic mass is 9.98. The number of methoxy groups -OCH3 is 1. The van der Waals surface area contributed by atoms with E-state index < -0.39 is 5.63 Å². The lowest BCUT2D eigenvalue weighted by molar-refractivity contribution is 0.419. The predicted molar refractivity (Wildman–Crippen MR) is 144 cm³/mol. The fourth-order valence-corrected chi connectivity index (χ4v) is 4.28. The molecule has 0 aliphatic carbocycles. The standard InChI is InChI=1S/C30H25N3O3/c1-4-33(5-2)23-13-10-20(11-14-23)12-15-24(22(18-31)19-32)26-17-27-28(35-3)16-21-8-6-7-9-25(21)29(27)36-30(26)34/h6-17H,4-5H2,1-3H3/b15-12+. The number of hydrogen-bond acceptors (Lipinski definition) is 6. The lowest BCUT2D eigenvalue weighted by Gasteiger charge is -2.20. The van der Waals surface area contributed by atoms with Crippen LogP contribution in [-0.2, 0) is 0 Å². The van der Waals surface area contributed by atoms with Crippen LogP contribution in [0.1, 0.15) is 25.0 Å². The van der Waals surface area contributed by atoms with Gasteiger partial charge in [-0.05, 0) is 49.1 Å². The van der Waals surface area contributed by atoms with Crippen LogP contribution in [0.2, 0.25) is 0 Å². The van der Waals surface area contributed by atoms with E-state index >= 15 is 0 Å². The van der Waals surface area contributed by atoms with Crippen LogP contribution < -0.4 is 15.3 Å². The number of rotatable bonds is 7. The molecule has 1 aromatic heterocycles. The van der Waals surface area contributed by atoms with Crippen molar-refractivity contribution in [3.8, 4) is 17.9 Å². The van der Waals surface area contributed by atoms with Gasteiger partial charge in [0, 0.05) is 29.7 Å². The molecule has 0 amide bonds. The Balaban J connectivity index is 1.86. The molecule has 1 heterocycles. The van der Waals surface area contributed by atoms with Crippen molar-refractivity contribution in [2.75, 3.05) is 25.1 Å². The van der Waals surface area contributed by atoms with Gasteiger partial charge in [0.1, 0.15) is 29.0 Å². The van der Waals surface area contributed by atoms with Crippen LogP contribution in [-0.4, -0.2) is 20.2 Å². The molecule has 36 heavy (non-hydrogen) atoms. The van der Waals surface area contributed by atoms with E-state index in [0.717, 1.165) is 35.1 Å². The fraction of sp³-hybridized carbons (Fsp3) is 0.167. The van der Waals surface area contributed by atoms with E-state index in [9.17, 15) is 15.3 Å². The molecule has 6 heteroatoms. The van der Waals surface area contributed by atoms with Crippen molar-refractivity contribution in [3.05, 3.63) is 93.9 Å². The minimum atomic E-state index is -0.638. The summed E-state index contributed by atoms with van der Waals surface area (Å²) >= 11 is 0. The lowest BCUT2D eigenvalue weighted by Crippen LogP contribution is -2.21. The number of benzene rings is 3. The molecule has 0 bridgehead atoms. The van der Waals surface area contributed by atoms with Gasteiger partial charge in [0.2, 0.25) is 0 Å². The molecule has 4 aromatic rings. The quantitative estimate of drug-likeness (QED) is 0.135. The highest BCUT2D eigenvalue weighted by atomic mass is 16.5. The molecule has 0 saturated carbocycles. The van der Waals surface area contributed by atoms with Crippen molar-refractivity contribution in [1.82, 2.24) is 0 Å². The SMILES string of the molecule is CCN(CC)c1ccc(/C=C/C(=C(C#N)C#N)c2cc3c(OC)cc4ccccc4c3oc2=O)cc1. The second kappa shape index (κ2) is 10.6. The van der Waals surface area contributed by atoms with Gasteiger partial charge in [-0.15, -0.1) is 0 Å². The third-order valence-corrected chi connectivity index (χ3v) is 6.17. The molecule has 4 rings (SSSR count). The van der Waals surface area contributed by atoms with E-state index in [4.69, 9.17) is 9.15 Å². The summed E-state index contributed by atoms with van der Waals surface area (Å²) < 4.78 is 11.3. The minimum Gasteiger partial charge on any atom is -0.496 e. The minimum absolute atomic E-state index is 0.116. The third-order valence-electron chi connectivity index (χ3n) is 6.17. The van der Waals surface area contributed by atoms with Crippen LogP contribution in [0.15, 0.2) is 81.5 Å². The number of nitriles is 2.